The molecular weight excluding hydrogens is 402 g/mol. The van der Waals surface area contributed by atoms with Crippen LogP contribution in [0.15, 0.2) is 72.8 Å². The number of ether oxygens (including phenoxy) is 3. The highest BCUT2D eigenvalue weighted by Gasteiger charge is 2.21. The number of benzene rings is 3. The molecule has 1 N–H and O–H groups in total. The van der Waals surface area contributed by atoms with Gasteiger partial charge >= 0.3 is 0 Å². The number of carbonyl (C=O) groups excluding carboxylic acids is 1. The summed E-state index contributed by atoms with van der Waals surface area (Å²) in [6.45, 7) is 4.74. The summed E-state index contributed by atoms with van der Waals surface area (Å²) < 4.78 is 17.7. The monoisotopic (exact) mass is 431 g/mol. The second-order valence-corrected chi connectivity index (χ2v) is 8.26. The lowest BCUT2D eigenvalue weighted by molar-refractivity contribution is -0.119. The fourth-order valence-corrected chi connectivity index (χ4v) is 3.32. The number of hydrogen-bond acceptors (Lipinski definition) is 4. The van der Waals surface area contributed by atoms with Gasteiger partial charge in [0.25, 0.3) is 0 Å². The van der Waals surface area contributed by atoms with Gasteiger partial charge in [0.05, 0.1) is 12.6 Å². The minimum absolute atomic E-state index is 0.0135. The fraction of sp³-hybridized carbons (Fsp3) is 0.296. The summed E-state index contributed by atoms with van der Waals surface area (Å²) in [5, 5.41) is 2.89. The molecule has 0 bridgehead atoms. The first-order valence-electron chi connectivity index (χ1n) is 11.0. The molecule has 5 nitrogen and oxygen atoms in total. The topological polar surface area (TPSA) is 56.8 Å². The Hall–Kier alpha value is -3.47. The standard InChI is InChI=1S/C27H29NO4/c1-19(28-20(2)29)23-10-8-22(9-11-23)17-30-24-12-14-25(15-13-24)32-27-5-3-4-26(16-27)31-18-21-6-7-21/h3-5,8-16,19,21H,6-7,17-18H2,1-2H3,(H,28,29). The van der Waals surface area contributed by atoms with E-state index in [9.17, 15) is 4.79 Å². The third kappa shape index (κ3) is 6.51. The van der Waals surface area contributed by atoms with E-state index in [-0.39, 0.29) is 11.9 Å². The van der Waals surface area contributed by atoms with Crippen molar-refractivity contribution in [2.24, 2.45) is 5.92 Å². The van der Waals surface area contributed by atoms with Crippen molar-refractivity contribution in [2.45, 2.75) is 39.3 Å². The Morgan fingerprint density at radius 2 is 1.59 bits per heavy atom. The lowest BCUT2D eigenvalue weighted by Crippen LogP contribution is -2.23. The van der Waals surface area contributed by atoms with Gasteiger partial charge in [0.1, 0.15) is 29.6 Å². The molecule has 0 aliphatic heterocycles. The molecule has 32 heavy (non-hydrogen) atoms. The lowest BCUT2D eigenvalue weighted by Gasteiger charge is -2.13. The Bertz CT molecular complexity index is 1030. The second kappa shape index (κ2) is 10.2. The Kier molecular flexibility index (Phi) is 6.95. The first-order chi connectivity index (χ1) is 15.5. The van der Waals surface area contributed by atoms with Gasteiger partial charge in [-0.1, -0.05) is 30.3 Å². The van der Waals surface area contributed by atoms with Crippen LogP contribution in [0.3, 0.4) is 0 Å². The zero-order chi connectivity index (χ0) is 22.3. The highest BCUT2D eigenvalue weighted by molar-refractivity contribution is 5.73. The summed E-state index contributed by atoms with van der Waals surface area (Å²) in [5.41, 5.74) is 2.12. The summed E-state index contributed by atoms with van der Waals surface area (Å²) in [6.07, 6.45) is 2.54. The number of nitrogens with one attached hydrogen (secondary N) is 1. The molecule has 1 atom stereocenters. The van der Waals surface area contributed by atoms with E-state index in [1.54, 1.807) is 0 Å². The van der Waals surface area contributed by atoms with Crippen LogP contribution in [-0.2, 0) is 11.4 Å². The largest absolute Gasteiger partial charge is 0.493 e. The maximum Gasteiger partial charge on any atom is 0.217 e. The minimum Gasteiger partial charge on any atom is -0.493 e. The summed E-state index contributed by atoms with van der Waals surface area (Å²) >= 11 is 0. The molecule has 166 valence electrons. The Labute approximate surface area is 189 Å². The smallest absolute Gasteiger partial charge is 0.217 e. The molecule has 0 radical (unpaired) electrons. The SMILES string of the molecule is CC(=O)NC(C)c1ccc(COc2ccc(Oc3cccc(OCC4CC4)c3)cc2)cc1. The Balaban J connectivity index is 1.27. The normalized spacial score (nSPS) is 13.8. The third-order valence-electron chi connectivity index (χ3n) is 5.35. The zero-order valence-electron chi connectivity index (χ0n) is 18.5. The number of carbonyl (C=O) groups is 1. The summed E-state index contributed by atoms with van der Waals surface area (Å²) in [7, 11) is 0. The molecule has 5 heteroatoms. The van der Waals surface area contributed by atoms with Crippen LogP contribution < -0.4 is 19.5 Å². The van der Waals surface area contributed by atoms with E-state index in [1.807, 2.05) is 79.7 Å². The number of rotatable bonds is 10. The molecule has 0 saturated heterocycles. The van der Waals surface area contributed by atoms with Crippen LogP contribution in [0, 0.1) is 5.92 Å². The van der Waals surface area contributed by atoms with Gasteiger partial charge in [-0.15, -0.1) is 0 Å². The molecule has 1 saturated carbocycles. The van der Waals surface area contributed by atoms with Gasteiger partial charge in [-0.25, -0.2) is 0 Å². The predicted octanol–water partition coefficient (Wildman–Crippen LogP) is 6.04. The van der Waals surface area contributed by atoms with Gasteiger partial charge in [-0.2, -0.15) is 0 Å². The van der Waals surface area contributed by atoms with E-state index in [0.717, 1.165) is 46.6 Å². The van der Waals surface area contributed by atoms with Crippen LogP contribution in [0.4, 0.5) is 0 Å². The average molecular weight is 432 g/mol. The van der Waals surface area contributed by atoms with Crippen LogP contribution in [0.25, 0.3) is 0 Å². The van der Waals surface area contributed by atoms with Gasteiger partial charge < -0.3 is 19.5 Å². The predicted molar refractivity (Wildman–Crippen MR) is 124 cm³/mol. The highest BCUT2D eigenvalue weighted by atomic mass is 16.5. The quantitative estimate of drug-likeness (QED) is 0.425. The van der Waals surface area contributed by atoms with Crippen LogP contribution in [0.1, 0.15) is 43.9 Å². The molecule has 1 amide bonds. The summed E-state index contributed by atoms with van der Waals surface area (Å²) in [4.78, 5) is 11.2. The maximum absolute atomic E-state index is 11.2. The first kappa shape index (κ1) is 21.8. The van der Waals surface area contributed by atoms with E-state index < -0.39 is 0 Å². The average Bonchev–Trinajstić information content (AvgIpc) is 3.62. The maximum atomic E-state index is 11.2. The Morgan fingerprint density at radius 3 is 2.28 bits per heavy atom. The van der Waals surface area contributed by atoms with Crippen molar-refractivity contribution >= 4 is 5.91 Å². The van der Waals surface area contributed by atoms with Crippen molar-refractivity contribution in [2.75, 3.05) is 6.61 Å². The van der Waals surface area contributed by atoms with Gasteiger partial charge in [-0.3, -0.25) is 4.79 Å². The fourth-order valence-electron chi connectivity index (χ4n) is 3.32. The highest BCUT2D eigenvalue weighted by Crippen LogP contribution is 2.31. The van der Waals surface area contributed by atoms with Crippen molar-refractivity contribution < 1.29 is 19.0 Å². The molecule has 3 aromatic carbocycles. The van der Waals surface area contributed by atoms with E-state index in [1.165, 1.54) is 19.8 Å². The second-order valence-electron chi connectivity index (χ2n) is 8.26. The van der Waals surface area contributed by atoms with E-state index in [2.05, 4.69) is 5.32 Å². The molecule has 0 aromatic heterocycles. The number of amides is 1. The summed E-state index contributed by atoms with van der Waals surface area (Å²) in [5.74, 6) is 3.79. The zero-order valence-corrected chi connectivity index (χ0v) is 18.5. The van der Waals surface area contributed by atoms with Crippen molar-refractivity contribution in [3.8, 4) is 23.0 Å². The molecule has 1 fully saturated rings. The minimum atomic E-state index is -0.0352. The molecule has 4 rings (SSSR count). The molecule has 1 aliphatic carbocycles. The van der Waals surface area contributed by atoms with Crippen LogP contribution in [0.5, 0.6) is 23.0 Å². The van der Waals surface area contributed by atoms with Crippen LogP contribution in [-0.4, -0.2) is 12.5 Å². The van der Waals surface area contributed by atoms with Crippen molar-refractivity contribution in [1.29, 1.82) is 0 Å². The Morgan fingerprint density at radius 1 is 0.906 bits per heavy atom. The van der Waals surface area contributed by atoms with Crippen LogP contribution in [0.2, 0.25) is 0 Å². The van der Waals surface area contributed by atoms with Gasteiger partial charge in [0.2, 0.25) is 5.91 Å². The van der Waals surface area contributed by atoms with Gasteiger partial charge in [-0.05, 0) is 73.2 Å². The van der Waals surface area contributed by atoms with E-state index in [0.29, 0.717) is 6.61 Å². The summed E-state index contributed by atoms with van der Waals surface area (Å²) in [6, 6.07) is 23.4. The van der Waals surface area contributed by atoms with Gasteiger partial charge in [0, 0.05) is 13.0 Å². The molecular formula is C27H29NO4. The lowest BCUT2D eigenvalue weighted by atomic mass is 10.1. The van der Waals surface area contributed by atoms with Crippen molar-refractivity contribution in [3.05, 3.63) is 83.9 Å². The third-order valence-corrected chi connectivity index (χ3v) is 5.35. The van der Waals surface area contributed by atoms with Crippen LogP contribution >= 0.6 is 0 Å². The van der Waals surface area contributed by atoms with E-state index >= 15 is 0 Å². The molecule has 0 spiro atoms. The van der Waals surface area contributed by atoms with Crippen molar-refractivity contribution in [1.82, 2.24) is 5.32 Å². The first-order valence-corrected chi connectivity index (χ1v) is 11.0. The van der Waals surface area contributed by atoms with E-state index in [4.69, 9.17) is 14.2 Å². The number of hydrogen-bond donors (Lipinski definition) is 1. The molecule has 3 aromatic rings. The molecule has 1 aliphatic rings. The van der Waals surface area contributed by atoms with Gasteiger partial charge in [0.15, 0.2) is 0 Å². The molecule has 0 heterocycles. The molecule has 1 unspecified atom stereocenters. The van der Waals surface area contributed by atoms with Crippen molar-refractivity contribution in [3.63, 3.8) is 0 Å².